The lowest BCUT2D eigenvalue weighted by atomic mass is 10.00. The van der Waals surface area contributed by atoms with Crippen molar-refractivity contribution in [3.05, 3.63) is 11.6 Å². The van der Waals surface area contributed by atoms with Crippen molar-refractivity contribution in [2.24, 2.45) is 5.92 Å². The lowest BCUT2D eigenvalue weighted by molar-refractivity contribution is -0.141. The zero-order chi connectivity index (χ0) is 14.3. The molecule has 7 heteroatoms. The minimum absolute atomic E-state index is 0.0187. The minimum atomic E-state index is -1.03. The fraction of sp³-hybridized carbons (Fsp3) is 0.250. The van der Waals surface area contributed by atoms with Crippen molar-refractivity contribution in [1.29, 1.82) is 0 Å². The van der Waals surface area contributed by atoms with Gasteiger partial charge in [0.15, 0.2) is 17.4 Å². The Morgan fingerprint density at radius 3 is 2.47 bits per heavy atom. The summed E-state index contributed by atoms with van der Waals surface area (Å²) in [5, 5.41) is 47.4. The quantitative estimate of drug-likeness (QED) is 0.463. The molecule has 6 N–H and O–H groups in total. The van der Waals surface area contributed by atoms with Gasteiger partial charge < -0.3 is 30.5 Å². The van der Waals surface area contributed by atoms with Crippen LogP contribution < -0.4 is 0 Å². The maximum atomic E-state index is 10.8. The molecule has 0 aliphatic rings. The number of nitrogens with one attached hydrogen (secondary N) is 1. The van der Waals surface area contributed by atoms with Crippen LogP contribution in [-0.2, 0) is 11.2 Å². The Bertz CT molecular complexity index is 660. The molecule has 0 spiro atoms. The Morgan fingerprint density at radius 2 is 1.89 bits per heavy atom. The molecule has 0 saturated carbocycles. The van der Waals surface area contributed by atoms with Gasteiger partial charge in [0.2, 0.25) is 5.75 Å². The van der Waals surface area contributed by atoms with Gasteiger partial charge in [-0.2, -0.15) is 0 Å². The number of aromatic nitrogens is 1. The van der Waals surface area contributed by atoms with Crippen LogP contribution in [0.15, 0.2) is 6.07 Å². The molecule has 102 valence electrons. The molecule has 1 unspecified atom stereocenters. The highest BCUT2D eigenvalue weighted by atomic mass is 16.4. The van der Waals surface area contributed by atoms with E-state index >= 15 is 0 Å². The highest BCUT2D eigenvalue weighted by Gasteiger charge is 2.22. The number of phenolic OH excluding ortho intramolecular Hbond substituents is 3. The molecule has 1 aromatic heterocycles. The van der Waals surface area contributed by atoms with Gasteiger partial charge in [0.05, 0.1) is 11.4 Å². The summed E-state index contributed by atoms with van der Waals surface area (Å²) >= 11 is 0. The number of aromatic amines is 1. The highest BCUT2D eigenvalue weighted by Crippen LogP contribution is 2.44. The smallest absolute Gasteiger partial charge is 0.306 e. The van der Waals surface area contributed by atoms with Crippen molar-refractivity contribution in [3.63, 3.8) is 0 Å². The molecule has 1 atom stereocenters. The van der Waals surface area contributed by atoms with E-state index < -0.39 is 29.1 Å². The largest absolute Gasteiger partial charge is 0.504 e. The first-order valence-corrected chi connectivity index (χ1v) is 5.53. The molecule has 0 aliphatic carbocycles. The van der Waals surface area contributed by atoms with E-state index in [1.165, 1.54) is 6.92 Å². The van der Waals surface area contributed by atoms with Crippen LogP contribution in [0.4, 0.5) is 0 Å². The number of carboxylic acids is 1. The third-order valence-electron chi connectivity index (χ3n) is 3.04. The van der Waals surface area contributed by atoms with Crippen LogP contribution in [0.25, 0.3) is 10.9 Å². The number of carbonyl (C=O) groups is 1. The zero-order valence-corrected chi connectivity index (χ0v) is 10.0. The standard InChI is InChI=1S/C12H13NO6/c1-4(12(18)19)2-6-5-3-7(14)9(15)10(16)8(5)13-11(6)17/h3-4,13-17H,2H2,1H3,(H,18,19). The Kier molecular flexibility index (Phi) is 2.89. The first-order valence-electron chi connectivity index (χ1n) is 5.53. The van der Waals surface area contributed by atoms with Crippen molar-refractivity contribution in [2.75, 3.05) is 0 Å². The van der Waals surface area contributed by atoms with Crippen molar-refractivity contribution >= 4 is 16.9 Å². The fourth-order valence-corrected chi connectivity index (χ4v) is 1.93. The van der Waals surface area contributed by atoms with E-state index in [0.717, 1.165) is 6.07 Å². The number of phenols is 3. The van der Waals surface area contributed by atoms with Gasteiger partial charge in [0, 0.05) is 10.9 Å². The number of hydrogen-bond donors (Lipinski definition) is 6. The number of rotatable bonds is 3. The van der Waals surface area contributed by atoms with Crippen LogP contribution in [0.3, 0.4) is 0 Å². The molecule has 0 aliphatic heterocycles. The van der Waals surface area contributed by atoms with Gasteiger partial charge in [-0.15, -0.1) is 0 Å². The van der Waals surface area contributed by atoms with E-state index in [1.807, 2.05) is 0 Å². The summed E-state index contributed by atoms with van der Waals surface area (Å²) in [7, 11) is 0. The van der Waals surface area contributed by atoms with E-state index in [1.54, 1.807) is 0 Å². The summed E-state index contributed by atoms with van der Waals surface area (Å²) in [6.45, 7) is 1.47. The molecule has 0 amide bonds. The topological polar surface area (TPSA) is 134 Å². The molecular formula is C12H13NO6. The molecular weight excluding hydrogens is 254 g/mol. The average molecular weight is 267 g/mol. The van der Waals surface area contributed by atoms with Crippen molar-refractivity contribution in [1.82, 2.24) is 4.98 Å². The first-order chi connectivity index (χ1) is 8.82. The van der Waals surface area contributed by atoms with Gasteiger partial charge in [-0.1, -0.05) is 6.92 Å². The van der Waals surface area contributed by atoms with E-state index in [2.05, 4.69) is 4.98 Å². The highest BCUT2D eigenvalue weighted by molar-refractivity contribution is 5.94. The summed E-state index contributed by atoms with van der Waals surface area (Å²) in [4.78, 5) is 13.3. The second-order valence-corrected chi connectivity index (χ2v) is 4.41. The molecule has 2 rings (SSSR count). The van der Waals surface area contributed by atoms with Crippen LogP contribution in [0.2, 0.25) is 0 Å². The molecule has 1 heterocycles. The summed E-state index contributed by atoms with van der Waals surface area (Å²) < 4.78 is 0. The molecule has 0 fully saturated rings. The Labute approximate surface area is 107 Å². The zero-order valence-electron chi connectivity index (χ0n) is 10.0. The average Bonchev–Trinajstić information content (AvgIpc) is 2.64. The molecule has 0 saturated heterocycles. The normalized spacial score (nSPS) is 12.7. The Hall–Kier alpha value is -2.57. The summed E-state index contributed by atoms with van der Waals surface area (Å²) in [5.41, 5.74) is 0.302. The van der Waals surface area contributed by atoms with Gasteiger partial charge in [-0.25, -0.2) is 0 Å². The van der Waals surface area contributed by atoms with Crippen LogP contribution in [-0.4, -0.2) is 36.5 Å². The number of H-pyrrole nitrogens is 1. The molecule has 2 aromatic rings. The van der Waals surface area contributed by atoms with E-state index in [9.17, 15) is 25.2 Å². The number of aliphatic carboxylic acids is 1. The van der Waals surface area contributed by atoms with Gasteiger partial charge >= 0.3 is 5.97 Å². The Morgan fingerprint density at radius 1 is 1.26 bits per heavy atom. The van der Waals surface area contributed by atoms with Crippen molar-refractivity contribution in [3.8, 4) is 23.1 Å². The third kappa shape index (κ3) is 1.99. The van der Waals surface area contributed by atoms with E-state index in [0.29, 0.717) is 0 Å². The summed E-state index contributed by atoms with van der Waals surface area (Å²) in [6, 6.07) is 1.16. The predicted octanol–water partition coefficient (Wildman–Crippen LogP) is 1.25. The first kappa shape index (κ1) is 12.9. The lowest BCUT2D eigenvalue weighted by Crippen LogP contribution is -2.12. The van der Waals surface area contributed by atoms with Crippen molar-refractivity contribution in [2.45, 2.75) is 13.3 Å². The summed E-state index contributed by atoms with van der Waals surface area (Å²) in [6.07, 6.45) is 0.0187. The van der Waals surface area contributed by atoms with Gasteiger partial charge in [0.25, 0.3) is 0 Å². The number of carboxylic acid groups (broad SMARTS) is 1. The molecule has 7 nitrogen and oxygen atoms in total. The number of hydrogen-bond acceptors (Lipinski definition) is 5. The van der Waals surface area contributed by atoms with Crippen LogP contribution >= 0.6 is 0 Å². The second kappa shape index (κ2) is 4.27. The summed E-state index contributed by atoms with van der Waals surface area (Å²) in [5.74, 6) is -3.92. The van der Waals surface area contributed by atoms with Crippen LogP contribution in [0.5, 0.6) is 23.1 Å². The van der Waals surface area contributed by atoms with Crippen LogP contribution in [0.1, 0.15) is 12.5 Å². The Balaban J connectivity index is 2.62. The fourth-order valence-electron chi connectivity index (χ4n) is 1.93. The molecule has 0 radical (unpaired) electrons. The van der Waals surface area contributed by atoms with Crippen LogP contribution in [0, 0.1) is 5.92 Å². The van der Waals surface area contributed by atoms with E-state index in [-0.39, 0.29) is 28.8 Å². The van der Waals surface area contributed by atoms with E-state index in [4.69, 9.17) is 5.11 Å². The maximum absolute atomic E-state index is 10.8. The van der Waals surface area contributed by atoms with Gasteiger partial charge in [-0.05, 0) is 12.5 Å². The molecule has 19 heavy (non-hydrogen) atoms. The number of aromatic hydroxyl groups is 4. The van der Waals surface area contributed by atoms with Gasteiger partial charge in [-0.3, -0.25) is 4.79 Å². The molecule has 1 aromatic carbocycles. The monoisotopic (exact) mass is 267 g/mol. The van der Waals surface area contributed by atoms with Crippen molar-refractivity contribution < 1.29 is 30.3 Å². The number of benzene rings is 1. The minimum Gasteiger partial charge on any atom is -0.504 e. The third-order valence-corrected chi connectivity index (χ3v) is 3.04. The second-order valence-electron chi connectivity index (χ2n) is 4.41. The predicted molar refractivity (Wildman–Crippen MR) is 65.5 cm³/mol. The number of fused-ring (bicyclic) bond motifs is 1. The lowest BCUT2D eigenvalue weighted by Gasteiger charge is -2.06. The van der Waals surface area contributed by atoms with Gasteiger partial charge in [0.1, 0.15) is 0 Å². The maximum Gasteiger partial charge on any atom is 0.306 e. The SMILES string of the molecule is CC(Cc1c(O)[nH]c2c(O)c(O)c(O)cc12)C(=O)O. The molecule has 0 bridgehead atoms.